The SMILES string of the molecule is CC1CCC(N(C)c2ccc([N+](=O)[O-])c(CO)c2)CC1. The van der Waals surface area contributed by atoms with E-state index in [0.717, 1.165) is 24.4 Å². The fourth-order valence-corrected chi connectivity index (χ4v) is 2.94. The average molecular weight is 278 g/mol. The Morgan fingerprint density at radius 3 is 2.55 bits per heavy atom. The second-order valence-corrected chi connectivity index (χ2v) is 5.75. The summed E-state index contributed by atoms with van der Waals surface area (Å²) in [5, 5.41) is 20.2. The molecule has 20 heavy (non-hydrogen) atoms. The van der Waals surface area contributed by atoms with Crippen LogP contribution in [0.15, 0.2) is 18.2 Å². The zero-order valence-corrected chi connectivity index (χ0v) is 12.1. The van der Waals surface area contributed by atoms with Gasteiger partial charge in [0.25, 0.3) is 5.69 Å². The molecule has 1 aliphatic carbocycles. The Morgan fingerprint density at radius 1 is 1.35 bits per heavy atom. The third kappa shape index (κ3) is 3.10. The Labute approximate surface area is 119 Å². The van der Waals surface area contributed by atoms with Crippen LogP contribution in [-0.4, -0.2) is 23.1 Å². The lowest BCUT2D eigenvalue weighted by Crippen LogP contribution is -2.34. The van der Waals surface area contributed by atoms with Crippen molar-refractivity contribution in [1.29, 1.82) is 0 Å². The number of anilines is 1. The lowest BCUT2D eigenvalue weighted by Gasteiger charge is -2.35. The van der Waals surface area contributed by atoms with Crippen molar-refractivity contribution >= 4 is 11.4 Å². The summed E-state index contributed by atoms with van der Waals surface area (Å²) in [6.45, 7) is 1.98. The minimum atomic E-state index is -0.447. The minimum absolute atomic E-state index is 0.0121. The van der Waals surface area contributed by atoms with Crippen molar-refractivity contribution in [3.63, 3.8) is 0 Å². The Kier molecular flexibility index (Phi) is 4.60. The van der Waals surface area contributed by atoms with Crippen molar-refractivity contribution in [3.05, 3.63) is 33.9 Å². The third-order valence-corrected chi connectivity index (χ3v) is 4.37. The number of nitro groups is 1. The zero-order chi connectivity index (χ0) is 14.7. The molecule has 5 heteroatoms. The number of hydrogen-bond donors (Lipinski definition) is 1. The first-order valence-corrected chi connectivity index (χ1v) is 7.14. The monoisotopic (exact) mass is 278 g/mol. The van der Waals surface area contributed by atoms with Gasteiger partial charge in [0.1, 0.15) is 0 Å². The van der Waals surface area contributed by atoms with E-state index in [9.17, 15) is 15.2 Å². The van der Waals surface area contributed by atoms with E-state index in [1.165, 1.54) is 18.9 Å². The molecular weight excluding hydrogens is 256 g/mol. The van der Waals surface area contributed by atoms with E-state index < -0.39 is 4.92 Å². The number of aliphatic hydroxyl groups excluding tert-OH is 1. The first-order valence-electron chi connectivity index (χ1n) is 7.14. The molecule has 1 aromatic carbocycles. The minimum Gasteiger partial charge on any atom is -0.391 e. The molecule has 1 fully saturated rings. The van der Waals surface area contributed by atoms with Crippen molar-refractivity contribution in [2.45, 2.75) is 45.3 Å². The molecule has 1 aliphatic rings. The van der Waals surface area contributed by atoms with Crippen LogP contribution in [0.25, 0.3) is 0 Å². The molecule has 1 aromatic rings. The summed E-state index contributed by atoms with van der Waals surface area (Å²) in [6, 6.07) is 5.48. The molecule has 5 nitrogen and oxygen atoms in total. The van der Waals surface area contributed by atoms with E-state index in [0.29, 0.717) is 11.6 Å². The van der Waals surface area contributed by atoms with Crippen molar-refractivity contribution in [1.82, 2.24) is 0 Å². The Hall–Kier alpha value is -1.62. The zero-order valence-electron chi connectivity index (χ0n) is 12.1. The van der Waals surface area contributed by atoms with E-state index in [1.807, 2.05) is 7.05 Å². The lowest BCUT2D eigenvalue weighted by molar-refractivity contribution is -0.385. The summed E-state index contributed by atoms with van der Waals surface area (Å²) in [5.74, 6) is 0.796. The summed E-state index contributed by atoms with van der Waals surface area (Å²) in [5.41, 5.74) is 1.31. The van der Waals surface area contributed by atoms with Crippen LogP contribution in [0.1, 0.15) is 38.2 Å². The first-order chi connectivity index (χ1) is 9.52. The number of hydrogen-bond acceptors (Lipinski definition) is 4. The molecule has 0 aliphatic heterocycles. The van der Waals surface area contributed by atoms with Crippen LogP contribution in [0, 0.1) is 16.0 Å². The summed E-state index contributed by atoms with van der Waals surface area (Å²) >= 11 is 0. The summed E-state index contributed by atoms with van der Waals surface area (Å²) < 4.78 is 0. The fraction of sp³-hybridized carbons (Fsp3) is 0.600. The van der Waals surface area contributed by atoms with Crippen LogP contribution in [-0.2, 0) is 6.61 Å². The number of benzene rings is 1. The molecule has 0 atom stereocenters. The number of rotatable bonds is 4. The van der Waals surface area contributed by atoms with E-state index in [-0.39, 0.29) is 12.3 Å². The highest BCUT2D eigenvalue weighted by molar-refractivity contribution is 5.55. The van der Waals surface area contributed by atoms with Gasteiger partial charge >= 0.3 is 0 Å². The van der Waals surface area contributed by atoms with E-state index in [4.69, 9.17) is 0 Å². The number of nitrogens with zero attached hydrogens (tertiary/aromatic N) is 2. The molecule has 2 rings (SSSR count). The molecule has 0 spiro atoms. The van der Waals surface area contributed by atoms with Gasteiger partial charge in [-0.05, 0) is 43.7 Å². The maximum Gasteiger partial charge on any atom is 0.275 e. The predicted molar refractivity (Wildman–Crippen MR) is 78.8 cm³/mol. The smallest absolute Gasteiger partial charge is 0.275 e. The highest BCUT2D eigenvalue weighted by Gasteiger charge is 2.23. The normalized spacial score (nSPS) is 22.6. The van der Waals surface area contributed by atoms with Crippen molar-refractivity contribution in [2.24, 2.45) is 5.92 Å². The first kappa shape index (κ1) is 14.8. The van der Waals surface area contributed by atoms with Gasteiger partial charge in [0.15, 0.2) is 0 Å². The van der Waals surface area contributed by atoms with Crippen LogP contribution < -0.4 is 4.90 Å². The molecular formula is C15H22N2O3. The summed E-state index contributed by atoms with van der Waals surface area (Å²) in [4.78, 5) is 12.6. The van der Waals surface area contributed by atoms with Crippen molar-refractivity contribution in [3.8, 4) is 0 Å². The highest BCUT2D eigenvalue weighted by Crippen LogP contribution is 2.31. The second-order valence-electron chi connectivity index (χ2n) is 5.75. The Bertz CT molecular complexity index is 482. The van der Waals surface area contributed by atoms with Gasteiger partial charge in [-0.15, -0.1) is 0 Å². The lowest BCUT2D eigenvalue weighted by atomic mass is 9.86. The van der Waals surface area contributed by atoms with Gasteiger partial charge in [-0.2, -0.15) is 0 Å². The van der Waals surface area contributed by atoms with E-state index >= 15 is 0 Å². The number of aliphatic hydroxyl groups is 1. The maximum atomic E-state index is 10.9. The van der Waals surface area contributed by atoms with Crippen LogP contribution in [0.5, 0.6) is 0 Å². The summed E-state index contributed by atoms with van der Waals surface area (Å²) in [6.07, 6.45) is 4.77. The fourth-order valence-electron chi connectivity index (χ4n) is 2.94. The van der Waals surface area contributed by atoms with E-state index in [2.05, 4.69) is 11.8 Å². The largest absolute Gasteiger partial charge is 0.391 e. The molecule has 0 aromatic heterocycles. The highest BCUT2D eigenvalue weighted by atomic mass is 16.6. The molecule has 0 amide bonds. The van der Waals surface area contributed by atoms with Gasteiger partial charge in [0.05, 0.1) is 17.1 Å². The van der Waals surface area contributed by atoms with Crippen molar-refractivity contribution < 1.29 is 10.0 Å². The topological polar surface area (TPSA) is 66.6 Å². The van der Waals surface area contributed by atoms with Gasteiger partial charge in [-0.1, -0.05) is 6.92 Å². The molecule has 110 valence electrons. The molecule has 0 saturated heterocycles. The van der Waals surface area contributed by atoms with Gasteiger partial charge in [0, 0.05) is 24.8 Å². The Morgan fingerprint density at radius 2 is 2.00 bits per heavy atom. The van der Waals surface area contributed by atoms with Gasteiger partial charge < -0.3 is 10.0 Å². The molecule has 0 unspecified atom stereocenters. The van der Waals surface area contributed by atoms with Crippen LogP contribution in [0.3, 0.4) is 0 Å². The van der Waals surface area contributed by atoms with E-state index in [1.54, 1.807) is 12.1 Å². The predicted octanol–water partition coefficient (Wildman–Crippen LogP) is 3.10. The second kappa shape index (κ2) is 6.22. The number of nitro benzene ring substituents is 1. The molecule has 1 N–H and O–H groups in total. The van der Waals surface area contributed by atoms with Crippen LogP contribution >= 0.6 is 0 Å². The average Bonchev–Trinajstić information content (AvgIpc) is 2.46. The van der Waals surface area contributed by atoms with Gasteiger partial charge in [-0.3, -0.25) is 10.1 Å². The van der Waals surface area contributed by atoms with Crippen LogP contribution in [0.4, 0.5) is 11.4 Å². The quantitative estimate of drug-likeness (QED) is 0.679. The van der Waals surface area contributed by atoms with Crippen LogP contribution in [0.2, 0.25) is 0 Å². The molecule has 0 radical (unpaired) electrons. The molecule has 0 bridgehead atoms. The third-order valence-electron chi connectivity index (χ3n) is 4.37. The standard InChI is InChI=1S/C15H22N2O3/c1-11-3-5-13(6-4-11)16(2)14-7-8-15(17(19)20)12(9-14)10-18/h7-9,11,13,18H,3-6,10H2,1-2H3. The van der Waals surface area contributed by atoms with Gasteiger partial charge in [0.2, 0.25) is 0 Å². The van der Waals surface area contributed by atoms with Crippen molar-refractivity contribution in [2.75, 3.05) is 11.9 Å². The maximum absolute atomic E-state index is 10.9. The van der Waals surface area contributed by atoms with Gasteiger partial charge in [-0.25, -0.2) is 0 Å². The summed E-state index contributed by atoms with van der Waals surface area (Å²) in [7, 11) is 2.03. The molecule has 1 saturated carbocycles. The Balaban J connectivity index is 2.18. The molecule has 0 heterocycles.